The minimum Gasteiger partial charge on any atom is -0.487 e. The Bertz CT molecular complexity index is 899. The monoisotopic (exact) mass is 472 g/mol. The van der Waals surface area contributed by atoms with Gasteiger partial charge < -0.3 is 25.5 Å². The first kappa shape index (κ1) is 25.7. The smallest absolute Gasteiger partial charge is 0.249 e. The van der Waals surface area contributed by atoms with Crippen molar-refractivity contribution in [2.45, 2.75) is 71.2 Å². The Morgan fingerprint density at radius 3 is 2.53 bits per heavy atom. The molecule has 4 atom stereocenters. The maximum atomic E-state index is 13.8. The molecule has 3 heterocycles. The summed E-state index contributed by atoms with van der Waals surface area (Å²) < 4.78 is 6.26. The van der Waals surface area contributed by atoms with Crippen LogP contribution in [0.3, 0.4) is 0 Å². The van der Waals surface area contributed by atoms with Crippen LogP contribution in [0.15, 0.2) is 30.5 Å². The molecule has 1 aromatic carbocycles. The van der Waals surface area contributed by atoms with Gasteiger partial charge in [-0.25, -0.2) is 0 Å². The van der Waals surface area contributed by atoms with Crippen LogP contribution in [0.2, 0.25) is 0 Å². The summed E-state index contributed by atoms with van der Waals surface area (Å²) in [5.74, 6) is -0.557. The van der Waals surface area contributed by atoms with Crippen molar-refractivity contribution < 1.29 is 24.3 Å². The number of hydrogen-bond donors (Lipinski definition) is 4. The van der Waals surface area contributed by atoms with Gasteiger partial charge in [0.25, 0.3) is 0 Å². The third kappa shape index (κ3) is 6.15. The van der Waals surface area contributed by atoms with Gasteiger partial charge in [0.2, 0.25) is 17.7 Å². The highest BCUT2D eigenvalue weighted by molar-refractivity contribution is 5.94. The fourth-order valence-electron chi connectivity index (χ4n) is 4.43. The highest BCUT2D eigenvalue weighted by Gasteiger charge is 2.43. The van der Waals surface area contributed by atoms with Crippen molar-refractivity contribution in [3.05, 3.63) is 36.0 Å². The Morgan fingerprint density at radius 2 is 1.91 bits per heavy atom. The quantitative estimate of drug-likeness (QED) is 0.471. The van der Waals surface area contributed by atoms with E-state index >= 15 is 0 Å². The second-order valence-corrected chi connectivity index (χ2v) is 9.72. The molecule has 0 aliphatic carbocycles. The van der Waals surface area contributed by atoms with Crippen LogP contribution in [0.25, 0.3) is 6.08 Å². The van der Waals surface area contributed by atoms with E-state index in [1.807, 2.05) is 39.8 Å². The fourth-order valence-corrected chi connectivity index (χ4v) is 4.43. The molecule has 186 valence electrons. The van der Waals surface area contributed by atoms with E-state index in [0.717, 1.165) is 5.56 Å². The van der Waals surface area contributed by atoms with Gasteiger partial charge in [-0.3, -0.25) is 14.4 Å². The van der Waals surface area contributed by atoms with E-state index in [4.69, 9.17) is 4.74 Å². The first-order valence-corrected chi connectivity index (χ1v) is 12.0. The lowest BCUT2D eigenvalue weighted by Crippen LogP contribution is -2.61. The summed E-state index contributed by atoms with van der Waals surface area (Å²) >= 11 is 0. The normalized spacial score (nSPS) is 24.0. The molecular weight excluding hydrogens is 436 g/mol. The molecule has 1 saturated heterocycles. The first-order valence-electron chi connectivity index (χ1n) is 12.0. The van der Waals surface area contributed by atoms with Gasteiger partial charge in [0, 0.05) is 12.7 Å². The zero-order chi connectivity index (χ0) is 24.8. The number of hydrogen-bond acceptors (Lipinski definition) is 6. The van der Waals surface area contributed by atoms with E-state index in [1.54, 1.807) is 24.4 Å². The molecule has 1 aromatic rings. The predicted octanol–water partition coefficient (Wildman–Crippen LogP) is 2.06. The summed E-state index contributed by atoms with van der Waals surface area (Å²) in [6, 6.07) is 4.75. The molecule has 0 saturated carbocycles. The molecule has 2 bridgehead atoms. The highest BCUT2D eigenvalue weighted by Crippen LogP contribution is 2.25. The maximum absolute atomic E-state index is 13.8. The van der Waals surface area contributed by atoms with Crippen LogP contribution in [-0.4, -0.2) is 58.6 Å². The molecule has 4 rings (SSSR count). The molecule has 9 nitrogen and oxygen atoms in total. The second-order valence-electron chi connectivity index (χ2n) is 9.72. The van der Waals surface area contributed by atoms with Crippen molar-refractivity contribution in [2.24, 2.45) is 11.8 Å². The highest BCUT2D eigenvalue weighted by atomic mass is 16.5. The number of rotatable bonds is 6. The number of carbonyl (C=O) groups is 3. The molecule has 0 radical (unpaired) electrons. The number of hydroxylamine groups is 1. The van der Waals surface area contributed by atoms with E-state index in [-0.39, 0.29) is 23.7 Å². The van der Waals surface area contributed by atoms with Crippen molar-refractivity contribution in [1.29, 1.82) is 0 Å². The predicted molar refractivity (Wildman–Crippen MR) is 128 cm³/mol. The van der Waals surface area contributed by atoms with Gasteiger partial charge in [-0.05, 0) is 54.9 Å². The average Bonchev–Trinajstić information content (AvgIpc) is 3.29. The number of amides is 3. The van der Waals surface area contributed by atoms with Crippen LogP contribution >= 0.6 is 0 Å². The van der Waals surface area contributed by atoms with Crippen LogP contribution in [0.4, 0.5) is 0 Å². The minimum atomic E-state index is -1.04. The summed E-state index contributed by atoms with van der Waals surface area (Å²) in [4.78, 5) is 41.3. The largest absolute Gasteiger partial charge is 0.487 e. The summed E-state index contributed by atoms with van der Waals surface area (Å²) in [6.07, 6.45) is 4.29. The molecule has 4 unspecified atom stereocenters. The number of ether oxygens (including phenoxy) is 1. The van der Waals surface area contributed by atoms with Crippen molar-refractivity contribution in [2.75, 3.05) is 6.54 Å². The van der Waals surface area contributed by atoms with Gasteiger partial charge in [0.05, 0.1) is 0 Å². The number of fused-ring (bicyclic) bond motifs is 7. The number of carbonyl (C=O) groups excluding carboxylic acids is 3. The Morgan fingerprint density at radius 1 is 1.21 bits per heavy atom. The van der Waals surface area contributed by atoms with E-state index in [1.165, 1.54) is 4.90 Å². The third-order valence-electron chi connectivity index (χ3n) is 6.22. The lowest BCUT2D eigenvalue weighted by atomic mass is 9.96. The second kappa shape index (κ2) is 11.5. The van der Waals surface area contributed by atoms with Crippen LogP contribution in [0, 0.1) is 11.8 Å². The molecule has 3 amide bonds. The molecule has 4 N–H and O–H groups in total. The Labute approximate surface area is 200 Å². The molecule has 34 heavy (non-hydrogen) atoms. The molecule has 9 heteroatoms. The van der Waals surface area contributed by atoms with E-state index in [9.17, 15) is 19.6 Å². The lowest BCUT2D eigenvalue weighted by Gasteiger charge is -2.35. The average molecular weight is 473 g/mol. The Kier molecular flexibility index (Phi) is 8.68. The standard InChI is InChI=1S/C25H36N4O5/c1-15(2)14-19(28-33)23(30)27-21-22(16(3)4)34-18-9-7-17(8-10-18)11-12-26-24(31)20-6-5-13-29(20)25(21)32/h7-12,15-16,19-22,28,33H,5-6,13-14H2,1-4H3,(H,26,31)(H,27,30). The van der Waals surface area contributed by atoms with Gasteiger partial charge in [0.1, 0.15) is 30.0 Å². The topological polar surface area (TPSA) is 120 Å². The van der Waals surface area contributed by atoms with Gasteiger partial charge >= 0.3 is 0 Å². The molecular formula is C25H36N4O5. The zero-order valence-electron chi connectivity index (χ0n) is 20.3. The summed E-state index contributed by atoms with van der Waals surface area (Å²) in [6.45, 7) is 8.13. The summed E-state index contributed by atoms with van der Waals surface area (Å²) in [5, 5.41) is 15.2. The minimum absolute atomic E-state index is 0.137. The number of benzene rings is 1. The third-order valence-corrected chi connectivity index (χ3v) is 6.22. The van der Waals surface area contributed by atoms with Gasteiger partial charge in [0.15, 0.2) is 0 Å². The van der Waals surface area contributed by atoms with E-state index < -0.39 is 30.1 Å². The van der Waals surface area contributed by atoms with E-state index in [2.05, 4.69) is 16.1 Å². The van der Waals surface area contributed by atoms with Crippen molar-refractivity contribution in [1.82, 2.24) is 21.0 Å². The lowest BCUT2D eigenvalue weighted by molar-refractivity contribution is -0.144. The SMILES string of the molecule is CC(C)CC(NO)C(=O)NC1C(=O)N2CCCC2C(=O)NC=Cc2ccc(cc2)OC1C(C)C. The fraction of sp³-hybridized carbons (Fsp3) is 0.560. The number of nitrogens with one attached hydrogen (secondary N) is 3. The first-order chi connectivity index (χ1) is 16.2. The molecule has 3 aliphatic rings. The van der Waals surface area contributed by atoms with Gasteiger partial charge in [-0.15, -0.1) is 0 Å². The van der Waals surface area contributed by atoms with E-state index in [0.29, 0.717) is 31.6 Å². The van der Waals surface area contributed by atoms with Crippen LogP contribution in [0.5, 0.6) is 5.75 Å². The van der Waals surface area contributed by atoms with Gasteiger partial charge in [-0.1, -0.05) is 39.8 Å². The molecule has 1 fully saturated rings. The van der Waals surface area contributed by atoms with Crippen molar-refractivity contribution >= 4 is 23.8 Å². The van der Waals surface area contributed by atoms with Crippen LogP contribution in [-0.2, 0) is 14.4 Å². The Hall–Kier alpha value is -2.91. The van der Waals surface area contributed by atoms with Crippen molar-refractivity contribution in [3.8, 4) is 5.75 Å². The molecule has 0 aromatic heterocycles. The van der Waals surface area contributed by atoms with Crippen LogP contribution in [0.1, 0.15) is 52.5 Å². The maximum Gasteiger partial charge on any atom is 0.249 e. The summed E-state index contributed by atoms with van der Waals surface area (Å²) in [7, 11) is 0. The van der Waals surface area contributed by atoms with Gasteiger partial charge in [-0.2, -0.15) is 5.48 Å². The number of nitrogens with zero attached hydrogens (tertiary/aromatic N) is 1. The Balaban J connectivity index is 2.00. The zero-order valence-corrected chi connectivity index (χ0v) is 20.3. The summed E-state index contributed by atoms with van der Waals surface area (Å²) in [5.41, 5.74) is 2.95. The van der Waals surface area contributed by atoms with Crippen LogP contribution < -0.4 is 20.9 Å². The molecule has 3 aliphatic heterocycles. The van der Waals surface area contributed by atoms with Crippen molar-refractivity contribution in [3.63, 3.8) is 0 Å². The molecule has 0 spiro atoms.